The molecule has 276 valence electrons. The average Bonchev–Trinajstić information content (AvgIpc) is 3.20. The molecule has 0 aliphatic heterocycles. The van der Waals surface area contributed by atoms with Crippen LogP contribution in [0.3, 0.4) is 0 Å². The van der Waals surface area contributed by atoms with Gasteiger partial charge in [-0.1, -0.05) is 36.4 Å². The van der Waals surface area contributed by atoms with E-state index in [1.165, 1.54) is 26.4 Å². The van der Waals surface area contributed by atoms with E-state index >= 15 is 0 Å². The van der Waals surface area contributed by atoms with Crippen molar-refractivity contribution in [3.8, 4) is 23.0 Å². The minimum Gasteiger partial charge on any atom is -0.493 e. The largest absolute Gasteiger partial charge is 0.493 e. The third kappa shape index (κ3) is 8.85. The molecule has 0 aliphatic rings. The number of anilines is 2. The molecule has 0 aliphatic carbocycles. The molecule has 54 heavy (non-hydrogen) atoms. The van der Waals surface area contributed by atoms with Gasteiger partial charge in [0.15, 0.2) is 34.2 Å². The number of carbonyl (C=O) groups excluding carboxylic acids is 2. The smallest absolute Gasteiger partial charge is 0.291 e. The molecule has 2 amide bonds. The Hall–Kier alpha value is -6.66. The number of amides is 2. The van der Waals surface area contributed by atoms with Crippen LogP contribution in [0.4, 0.5) is 11.4 Å². The minimum atomic E-state index is -0.716. The minimum absolute atomic E-state index is 0.106. The van der Waals surface area contributed by atoms with E-state index in [0.717, 1.165) is 35.7 Å². The summed E-state index contributed by atoms with van der Waals surface area (Å²) < 4.78 is 27.5. The van der Waals surface area contributed by atoms with Gasteiger partial charge in [-0.2, -0.15) is 0 Å². The molecule has 12 heteroatoms. The molecular formula is C42H40N4O8. The zero-order valence-electron chi connectivity index (χ0n) is 30.4. The molecular weight excluding hydrogens is 688 g/mol. The zero-order valence-corrected chi connectivity index (χ0v) is 30.4. The molecule has 6 aromatic rings. The fourth-order valence-corrected chi connectivity index (χ4v) is 6.01. The number of para-hydroxylation sites is 1. The van der Waals surface area contributed by atoms with Crippen molar-refractivity contribution in [2.45, 2.75) is 19.5 Å². The van der Waals surface area contributed by atoms with Crippen LogP contribution in [0, 0.1) is 0 Å². The van der Waals surface area contributed by atoms with Gasteiger partial charge < -0.3 is 34.0 Å². The quantitative estimate of drug-likeness (QED) is 0.114. The number of ether oxygens (including phenoxy) is 4. The predicted octanol–water partition coefficient (Wildman–Crippen LogP) is 6.97. The number of fused-ring (bicyclic) bond motifs is 1. The second-order valence-corrected chi connectivity index (χ2v) is 12.3. The lowest BCUT2D eigenvalue weighted by Gasteiger charge is -2.23. The van der Waals surface area contributed by atoms with E-state index in [2.05, 4.69) is 26.6 Å². The maximum absolute atomic E-state index is 13.7. The number of hydrogen-bond acceptors (Lipinski definition) is 10. The van der Waals surface area contributed by atoms with Gasteiger partial charge in [-0.05, 0) is 71.6 Å². The molecule has 2 aromatic heterocycles. The monoisotopic (exact) mass is 728 g/mol. The maximum Gasteiger partial charge on any atom is 0.291 e. The third-order valence-corrected chi connectivity index (χ3v) is 8.79. The normalized spacial score (nSPS) is 10.9. The molecule has 0 fully saturated rings. The van der Waals surface area contributed by atoms with Gasteiger partial charge in [-0.15, -0.1) is 0 Å². The van der Waals surface area contributed by atoms with Crippen molar-refractivity contribution < 1.29 is 33.0 Å². The molecule has 2 N–H and O–H groups in total. The lowest BCUT2D eigenvalue weighted by Crippen LogP contribution is -2.25. The lowest BCUT2D eigenvalue weighted by atomic mass is 10.1. The number of pyridine rings is 1. The highest BCUT2D eigenvalue weighted by molar-refractivity contribution is 6.12. The average molecular weight is 729 g/mol. The first kappa shape index (κ1) is 37.1. The maximum atomic E-state index is 13.7. The number of carbonyl (C=O) groups is 2. The van der Waals surface area contributed by atoms with Crippen LogP contribution >= 0.6 is 0 Å². The number of methoxy groups -OCH3 is 4. The van der Waals surface area contributed by atoms with Gasteiger partial charge in [0, 0.05) is 49.8 Å². The molecule has 6 rings (SSSR count). The summed E-state index contributed by atoms with van der Waals surface area (Å²) in [5.41, 5.74) is 3.95. The van der Waals surface area contributed by atoms with Crippen LogP contribution in [0.25, 0.3) is 11.0 Å². The fraction of sp³-hybridized carbons (Fsp3) is 0.190. The number of nitrogens with zero attached hydrogens (tertiary/aromatic N) is 2. The van der Waals surface area contributed by atoms with Crippen molar-refractivity contribution in [2.24, 2.45) is 0 Å². The summed E-state index contributed by atoms with van der Waals surface area (Å²) in [5, 5.41) is 5.97. The standard InChI is InChI=1S/C42H40N4O8/c1-50-36-16-13-28(20-37(36)51-2)25-46(26-29-8-7-18-43-24-29)19-17-27-11-14-30(15-12-27)44-41(48)32-21-38(52-3)39(53-4)22-33(32)45-42(49)40-23-34(47)31-9-5-6-10-35(31)54-40/h5-16,18,20-24H,17,19,25-26H2,1-4H3,(H,44,48)(H,45,49). The Morgan fingerprint density at radius 3 is 2.09 bits per heavy atom. The summed E-state index contributed by atoms with van der Waals surface area (Å²) >= 11 is 0. The molecule has 4 aromatic carbocycles. The number of hydrogen-bond donors (Lipinski definition) is 2. The Kier molecular flexibility index (Phi) is 11.8. The van der Waals surface area contributed by atoms with Crippen LogP contribution in [-0.2, 0) is 19.5 Å². The van der Waals surface area contributed by atoms with Crippen molar-refractivity contribution >= 4 is 34.2 Å². The summed E-state index contributed by atoms with van der Waals surface area (Å²) in [7, 11) is 6.14. The number of nitrogens with one attached hydrogen (secondary N) is 2. The Morgan fingerprint density at radius 1 is 0.685 bits per heavy atom. The van der Waals surface area contributed by atoms with E-state index in [1.54, 1.807) is 44.7 Å². The van der Waals surface area contributed by atoms with Gasteiger partial charge in [-0.25, -0.2) is 0 Å². The summed E-state index contributed by atoms with van der Waals surface area (Å²) in [4.78, 5) is 46.3. The summed E-state index contributed by atoms with van der Waals surface area (Å²) in [6.07, 6.45) is 4.38. The van der Waals surface area contributed by atoms with Gasteiger partial charge in [0.25, 0.3) is 11.8 Å². The second-order valence-electron chi connectivity index (χ2n) is 12.3. The van der Waals surface area contributed by atoms with Crippen LogP contribution in [0.15, 0.2) is 119 Å². The number of aromatic nitrogens is 1. The topological polar surface area (TPSA) is 141 Å². The van der Waals surface area contributed by atoms with Gasteiger partial charge >= 0.3 is 0 Å². The third-order valence-electron chi connectivity index (χ3n) is 8.79. The fourth-order valence-electron chi connectivity index (χ4n) is 6.01. The van der Waals surface area contributed by atoms with Crippen LogP contribution in [0.1, 0.15) is 37.6 Å². The van der Waals surface area contributed by atoms with E-state index in [9.17, 15) is 14.4 Å². The molecule has 2 heterocycles. The van der Waals surface area contributed by atoms with Gasteiger partial charge in [0.1, 0.15) is 5.58 Å². The van der Waals surface area contributed by atoms with E-state index in [4.69, 9.17) is 23.4 Å². The summed E-state index contributed by atoms with van der Waals surface area (Å²) in [6, 6.07) is 28.2. The molecule has 0 bridgehead atoms. The van der Waals surface area contributed by atoms with Gasteiger partial charge in [0.2, 0.25) is 0 Å². The highest BCUT2D eigenvalue weighted by Gasteiger charge is 2.21. The van der Waals surface area contributed by atoms with Crippen LogP contribution < -0.4 is 35.0 Å². The highest BCUT2D eigenvalue weighted by atomic mass is 16.5. The van der Waals surface area contributed by atoms with E-state index in [-0.39, 0.29) is 39.5 Å². The number of rotatable bonds is 15. The summed E-state index contributed by atoms with van der Waals surface area (Å²) in [5.74, 6) is 0.501. The number of benzene rings is 4. The van der Waals surface area contributed by atoms with Crippen molar-refractivity contribution in [2.75, 3.05) is 45.6 Å². The molecule has 0 unspecified atom stereocenters. The first-order valence-electron chi connectivity index (χ1n) is 17.1. The Labute approximate surface area is 312 Å². The lowest BCUT2D eigenvalue weighted by molar-refractivity contribution is 0.0997. The van der Waals surface area contributed by atoms with E-state index < -0.39 is 11.8 Å². The van der Waals surface area contributed by atoms with E-state index in [0.29, 0.717) is 35.7 Å². The van der Waals surface area contributed by atoms with Crippen molar-refractivity contribution in [1.82, 2.24) is 9.88 Å². The van der Waals surface area contributed by atoms with Crippen LogP contribution in [0.2, 0.25) is 0 Å². The second kappa shape index (κ2) is 17.2. The van der Waals surface area contributed by atoms with Crippen molar-refractivity contribution in [1.29, 1.82) is 0 Å². The molecule has 0 atom stereocenters. The van der Waals surface area contributed by atoms with Crippen molar-refractivity contribution in [3.63, 3.8) is 0 Å². The first-order valence-corrected chi connectivity index (χ1v) is 17.1. The van der Waals surface area contributed by atoms with Gasteiger partial charge in [0.05, 0.1) is 45.1 Å². The highest BCUT2D eigenvalue weighted by Crippen LogP contribution is 2.34. The molecule has 0 saturated heterocycles. The van der Waals surface area contributed by atoms with Gasteiger partial charge in [-0.3, -0.25) is 24.3 Å². The molecule has 12 nitrogen and oxygen atoms in total. The Bertz CT molecular complexity index is 2310. The first-order chi connectivity index (χ1) is 26.3. The predicted molar refractivity (Wildman–Crippen MR) is 206 cm³/mol. The molecule has 0 spiro atoms. The Morgan fingerprint density at radius 2 is 1.37 bits per heavy atom. The Balaban J connectivity index is 1.17. The zero-order chi connectivity index (χ0) is 38.0. The molecule has 0 saturated carbocycles. The molecule has 0 radical (unpaired) electrons. The van der Waals surface area contributed by atoms with Crippen LogP contribution in [-0.4, -0.2) is 56.7 Å². The van der Waals surface area contributed by atoms with Crippen molar-refractivity contribution in [3.05, 3.63) is 148 Å². The SMILES string of the molecule is COc1ccc(CN(CCc2ccc(NC(=O)c3cc(OC)c(OC)cc3NC(=O)c3cc(=O)c4ccccc4o3)cc2)Cc2cccnc2)cc1OC. The van der Waals surface area contributed by atoms with E-state index in [1.807, 2.05) is 54.7 Å². The van der Waals surface area contributed by atoms with Crippen LogP contribution in [0.5, 0.6) is 23.0 Å². The summed E-state index contributed by atoms with van der Waals surface area (Å²) in [6.45, 7) is 2.13.